The smallest absolute Gasteiger partial charge is 0.273 e. The van der Waals surface area contributed by atoms with Gasteiger partial charge in [0.05, 0.1) is 24.2 Å². The molecule has 0 aliphatic heterocycles. The number of nitro benzene ring substituents is 1. The number of benzene rings is 1. The van der Waals surface area contributed by atoms with Crippen LogP contribution in [-0.4, -0.2) is 22.1 Å². The average Bonchev–Trinajstić information content (AvgIpc) is 2.47. The molecule has 1 aromatic carbocycles. The normalized spacial score (nSPS) is 11.8. The maximum atomic E-state index is 10.7. The zero-order chi connectivity index (χ0) is 15.4. The Hall–Kier alpha value is -2.67. The summed E-state index contributed by atoms with van der Waals surface area (Å²) >= 11 is 0. The van der Waals surface area contributed by atoms with Crippen LogP contribution in [0.3, 0.4) is 0 Å². The fourth-order valence-corrected chi connectivity index (χ4v) is 1.71. The van der Waals surface area contributed by atoms with E-state index in [-0.39, 0.29) is 17.3 Å². The number of methoxy groups -OCH3 is 1. The molecular weight excluding hydrogens is 276 g/mol. The predicted molar refractivity (Wildman–Crippen MR) is 74.6 cm³/mol. The molecular formula is C14H14N2O5. The summed E-state index contributed by atoms with van der Waals surface area (Å²) in [6, 6.07) is 7.29. The van der Waals surface area contributed by atoms with Gasteiger partial charge in [0.25, 0.3) is 5.69 Å². The predicted octanol–water partition coefficient (Wildman–Crippen LogP) is 2.84. The SMILES string of the molecule is COc1cc([N+](=O)[O-])ccc1Oc1cc([C@@H](C)O)ccn1. The first kappa shape index (κ1) is 14.7. The molecule has 1 aromatic heterocycles. The van der Waals surface area contributed by atoms with Crippen LogP contribution in [0.25, 0.3) is 0 Å². The summed E-state index contributed by atoms with van der Waals surface area (Å²) < 4.78 is 10.6. The van der Waals surface area contributed by atoms with Crippen molar-refractivity contribution in [1.29, 1.82) is 0 Å². The lowest BCUT2D eigenvalue weighted by atomic mass is 10.2. The van der Waals surface area contributed by atoms with E-state index in [2.05, 4.69) is 4.98 Å². The Morgan fingerprint density at radius 1 is 1.29 bits per heavy atom. The highest BCUT2D eigenvalue weighted by molar-refractivity contribution is 5.49. The Kier molecular flexibility index (Phi) is 4.34. The molecule has 0 fully saturated rings. The molecule has 1 atom stereocenters. The molecule has 21 heavy (non-hydrogen) atoms. The summed E-state index contributed by atoms with van der Waals surface area (Å²) in [6.07, 6.45) is 0.865. The highest BCUT2D eigenvalue weighted by Gasteiger charge is 2.14. The third kappa shape index (κ3) is 3.46. The van der Waals surface area contributed by atoms with Crippen molar-refractivity contribution >= 4 is 5.69 Å². The summed E-state index contributed by atoms with van der Waals surface area (Å²) in [5.41, 5.74) is 0.561. The topological polar surface area (TPSA) is 94.7 Å². The summed E-state index contributed by atoms with van der Waals surface area (Å²) in [5.74, 6) is 0.798. The lowest BCUT2D eigenvalue weighted by Crippen LogP contribution is -1.96. The monoisotopic (exact) mass is 290 g/mol. The number of ether oxygens (including phenoxy) is 2. The van der Waals surface area contributed by atoms with Crippen LogP contribution in [-0.2, 0) is 0 Å². The molecule has 1 N–H and O–H groups in total. The minimum absolute atomic E-state index is 0.0927. The Morgan fingerprint density at radius 3 is 2.67 bits per heavy atom. The number of nitro groups is 1. The molecule has 1 heterocycles. The number of aliphatic hydroxyl groups is 1. The van der Waals surface area contributed by atoms with Crippen LogP contribution in [0.2, 0.25) is 0 Å². The van der Waals surface area contributed by atoms with Gasteiger partial charge in [0, 0.05) is 18.3 Å². The van der Waals surface area contributed by atoms with Crippen LogP contribution in [0, 0.1) is 10.1 Å². The molecule has 0 unspecified atom stereocenters. The number of non-ortho nitro benzene ring substituents is 1. The Morgan fingerprint density at radius 2 is 2.05 bits per heavy atom. The van der Waals surface area contributed by atoms with Gasteiger partial charge in [0.1, 0.15) is 0 Å². The molecule has 0 aliphatic carbocycles. The molecule has 7 heteroatoms. The highest BCUT2D eigenvalue weighted by atomic mass is 16.6. The maximum absolute atomic E-state index is 10.7. The first-order valence-electron chi connectivity index (χ1n) is 6.15. The van der Waals surface area contributed by atoms with Crippen LogP contribution in [0.5, 0.6) is 17.4 Å². The van der Waals surface area contributed by atoms with Gasteiger partial charge in [-0.1, -0.05) is 0 Å². The zero-order valence-electron chi connectivity index (χ0n) is 11.5. The summed E-state index contributed by atoms with van der Waals surface area (Å²) in [7, 11) is 1.39. The first-order chi connectivity index (χ1) is 10.0. The van der Waals surface area contributed by atoms with E-state index in [0.717, 1.165) is 0 Å². The second-order valence-corrected chi connectivity index (χ2v) is 4.30. The van der Waals surface area contributed by atoms with Crippen LogP contribution >= 0.6 is 0 Å². The van der Waals surface area contributed by atoms with Crippen molar-refractivity contribution < 1.29 is 19.5 Å². The van der Waals surface area contributed by atoms with E-state index < -0.39 is 11.0 Å². The van der Waals surface area contributed by atoms with E-state index in [1.807, 2.05) is 0 Å². The molecule has 0 radical (unpaired) electrons. The van der Waals surface area contributed by atoms with E-state index in [9.17, 15) is 15.2 Å². The zero-order valence-corrected chi connectivity index (χ0v) is 11.5. The van der Waals surface area contributed by atoms with Crippen molar-refractivity contribution in [1.82, 2.24) is 4.98 Å². The van der Waals surface area contributed by atoms with E-state index >= 15 is 0 Å². The minimum atomic E-state index is -0.644. The highest BCUT2D eigenvalue weighted by Crippen LogP contribution is 2.34. The molecule has 0 bridgehead atoms. The summed E-state index contributed by atoms with van der Waals surface area (Å²) in [6.45, 7) is 1.63. The van der Waals surface area contributed by atoms with Crippen molar-refractivity contribution in [3.8, 4) is 17.4 Å². The molecule has 0 amide bonds. The van der Waals surface area contributed by atoms with Crippen LogP contribution in [0.1, 0.15) is 18.6 Å². The van der Waals surface area contributed by atoms with Crippen LogP contribution in [0.15, 0.2) is 36.5 Å². The lowest BCUT2D eigenvalue weighted by Gasteiger charge is -2.11. The summed E-state index contributed by atoms with van der Waals surface area (Å²) in [4.78, 5) is 14.2. The molecule has 0 saturated carbocycles. The van der Waals surface area contributed by atoms with Crippen molar-refractivity contribution in [2.45, 2.75) is 13.0 Å². The van der Waals surface area contributed by atoms with Gasteiger partial charge in [-0.15, -0.1) is 0 Å². The Labute approximate surface area is 120 Å². The van der Waals surface area contributed by atoms with Gasteiger partial charge in [-0.05, 0) is 24.6 Å². The van der Waals surface area contributed by atoms with Crippen LogP contribution in [0.4, 0.5) is 5.69 Å². The fraction of sp³-hybridized carbons (Fsp3) is 0.214. The quantitative estimate of drug-likeness (QED) is 0.672. The number of aliphatic hydroxyl groups excluding tert-OH is 1. The largest absolute Gasteiger partial charge is 0.493 e. The third-order valence-corrected chi connectivity index (χ3v) is 2.81. The van der Waals surface area contributed by atoms with Gasteiger partial charge < -0.3 is 14.6 Å². The maximum Gasteiger partial charge on any atom is 0.273 e. The van der Waals surface area contributed by atoms with Crippen molar-refractivity contribution in [3.05, 3.63) is 52.2 Å². The van der Waals surface area contributed by atoms with E-state index in [0.29, 0.717) is 11.3 Å². The fourth-order valence-electron chi connectivity index (χ4n) is 1.71. The van der Waals surface area contributed by atoms with E-state index in [1.54, 1.807) is 19.1 Å². The second-order valence-electron chi connectivity index (χ2n) is 4.30. The van der Waals surface area contributed by atoms with Crippen molar-refractivity contribution in [3.63, 3.8) is 0 Å². The van der Waals surface area contributed by atoms with Gasteiger partial charge >= 0.3 is 0 Å². The lowest BCUT2D eigenvalue weighted by molar-refractivity contribution is -0.384. The number of rotatable bonds is 5. The molecule has 7 nitrogen and oxygen atoms in total. The first-order valence-corrected chi connectivity index (χ1v) is 6.15. The molecule has 2 aromatic rings. The van der Waals surface area contributed by atoms with Gasteiger partial charge in [-0.2, -0.15) is 0 Å². The number of hydrogen-bond acceptors (Lipinski definition) is 6. The van der Waals surface area contributed by atoms with Gasteiger partial charge in [-0.3, -0.25) is 10.1 Å². The minimum Gasteiger partial charge on any atom is -0.493 e. The van der Waals surface area contributed by atoms with E-state index in [4.69, 9.17) is 9.47 Å². The number of aromatic nitrogens is 1. The van der Waals surface area contributed by atoms with Crippen molar-refractivity contribution in [2.24, 2.45) is 0 Å². The molecule has 110 valence electrons. The Bertz CT molecular complexity index is 658. The molecule has 0 saturated heterocycles. The van der Waals surface area contributed by atoms with Crippen LogP contribution < -0.4 is 9.47 Å². The molecule has 2 rings (SSSR count). The van der Waals surface area contributed by atoms with Gasteiger partial charge in [0.15, 0.2) is 11.5 Å². The Balaban J connectivity index is 2.31. The molecule has 0 aliphatic rings. The number of nitrogens with zero attached hydrogens (tertiary/aromatic N) is 2. The van der Waals surface area contributed by atoms with Gasteiger partial charge in [0.2, 0.25) is 5.88 Å². The average molecular weight is 290 g/mol. The molecule has 0 spiro atoms. The number of pyridine rings is 1. The van der Waals surface area contributed by atoms with Crippen molar-refractivity contribution in [2.75, 3.05) is 7.11 Å². The standard InChI is InChI=1S/C14H14N2O5/c1-9(17)10-5-6-15-14(7-10)21-12-4-3-11(16(18)19)8-13(12)20-2/h3-9,17H,1-2H3/t9-/m1/s1. The van der Waals surface area contributed by atoms with E-state index in [1.165, 1.54) is 31.5 Å². The second kappa shape index (κ2) is 6.19. The third-order valence-electron chi connectivity index (χ3n) is 2.81. The summed E-state index contributed by atoms with van der Waals surface area (Å²) in [5, 5.41) is 20.3. The van der Waals surface area contributed by atoms with Gasteiger partial charge in [-0.25, -0.2) is 4.98 Å². The number of hydrogen-bond donors (Lipinski definition) is 1.